The second-order valence-electron chi connectivity index (χ2n) is 6.65. The van der Waals surface area contributed by atoms with Gasteiger partial charge in [-0.2, -0.15) is 13.2 Å². The van der Waals surface area contributed by atoms with E-state index in [9.17, 15) is 13.2 Å². The maximum Gasteiger partial charge on any atom is 0.433 e. The van der Waals surface area contributed by atoms with Crippen LogP contribution in [0.1, 0.15) is 17.4 Å². The average molecular weight is 438 g/mol. The summed E-state index contributed by atoms with van der Waals surface area (Å²) >= 11 is 0. The number of nitrogens with one attached hydrogen (secondary N) is 1. The van der Waals surface area contributed by atoms with Crippen LogP contribution < -0.4 is 11.1 Å². The summed E-state index contributed by atoms with van der Waals surface area (Å²) in [5.74, 6) is 0.128. The zero-order chi connectivity index (χ0) is 22.6. The van der Waals surface area contributed by atoms with Crippen molar-refractivity contribution in [2.45, 2.75) is 12.2 Å². The molecule has 0 amide bonds. The van der Waals surface area contributed by atoms with Crippen LogP contribution in [0.2, 0.25) is 0 Å². The molecule has 32 heavy (non-hydrogen) atoms. The zero-order valence-corrected chi connectivity index (χ0v) is 16.5. The van der Waals surface area contributed by atoms with Crippen molar-refractivity contribution in [1.82, 2.24) is 29.9 Å². The van der Waals surface area contributed by atoms with Gasteiger partial charge in [0.05, 0.1) is 17.4 Å². The Labute approximate surface area is 180 Å². The minimum Gasteiger partial charge on any atom is -0.345 e. The van der Waals surface area contributed by atoms with Crippen molar-refractivity contribution in [3.05, 3.63) is 78.6 Å². The van der Waals surface area contributed by atoms with Crippen molar-refractivity contribution >= 4 is 5.95 Å². The lowest BCUT2D eigenvalue weighted by molar-refractivity contribution is -0.141. The van der Waals surface area contributed by atoms with Gasteiger partial charge in [0.1, 0.15) is 11.4 Å². The monoisotopic (exact) mass is 438 g/mol. The number of rotatable bonds is 6. The van der Waals surface area contributed by atoms with E-state index in [0.717, 1.165) is 17.8 Å². The van der Waals surface area contributed by atoms with Gasteiger partial charge in [0.2, 0.25) is 5.95 Å². The van der Waals surface area contributed by atoms with Crippen molar-refractivity contribution < 1.29 is 13.2 Å². The molecular weight excluding hydrogens is 421 g/mol. The lowest BCUT2D eigenvalue weighted by Gasteiger charge is -2.18. The SMILES string of the molecule is NCC(Nc1nccc(C(F)(F)F)n1)c1cc(-c2cccnc2)nc(-c2ccccn2)n1. The molecule has 1 unspecified atom stereocenters. The second-order valence-corrected chi connectivity index (χ2v) is 6.65. The molecule has 4 rings (SSSR count). The summed E-state index contributed by atoms with van der Waals surface area (Å²) in [6, 6.07) is 10.7. The van der Waals surface area contributed by atoms with Crippen LogP contribution in [0.25, 0.3) is 22.8 Å². The van der Waals surface area contributed by atoms with Crippen molar-refractivity contribution in [2.24, 2.45) is 5.73 Å². The van der Waals surface area contributed by atoms with Crippen LogP contribution in [0.5, 0.6) is 0 Å². The Balaban J connectivity index is 1.75. The number of hydrogen-bond donors (Lipinski definition) is 2. The maximum atomic E-state index is 13.0. The van der Waals surface area contributed by atoms with Gasteiger partial charge in [-0.1, -0.05) is 6.07 Å². The Hall–Kier alpha value is -3.99. The fraction of sp³-hybridized carbons (Fsp3) is 0.143. The number of pyridine rings is 2. The molecule has 0 aliphatic heterocycles. The maximum absolute atomic E-state index is 13.0. The van der Waals surface area contributed by atoms with Gasteiger partial charge in [-0.3, -0.25) is 9.97 Å². The van der Waals surface area contributed by atoms with E-state index >= 15 is 0 Å². The largest absolute Gasteiger partial charge is 0.433 e. The van der Waals surface area contributed by atoms with Gasteiger partial charge in [-0.05, 0) is 36.4 Å². The first-order valence-electron chi connectivity index (χ1n) is 9.51. The fourth-order valence-corrected chi connectivity index (χ4v) is 2.91. The molecule has 4 aromatic heterocycles. The summed E-state index contributed by atoms with van der Waals surface area (Å²) in [5.41, 5.74) is 7.15. The first-order valence-corrected chi connectivity index (χ1v) is 9.51. The van der Waals surface area contributed by atoms with Crippen LogP contribution in [0.3, 0.4) is 0 Å². The van der Waals surface area contributed by atoms with E-state index in [0.29, 0.717) is 22.9 Å². The minimum atomic E-state index is -4.59. The second kappa shape index (κ2) is 9.02. The molecule has 0 aliphatic carbocycles. The molecule has 0 fully saturated rings. The van der Waals surface area contributed by atoms with Crippen molar-refractivity contribution in [1.29, 1.82) is 0 Å². The van der Waals surface area contributed by atoms with Crippen molar-refractivity contribution in [3.63, 3.8) is 0 Å². The molecule has 0 saturated carbocycles. The molecule has 0 saturated heterocycles. The highest BCUT2D eigenvalue weighted by Gasteiger charge is 2.33. The lowest BCUT2D eigenvalue weighted by Crippen LogP contribution is -2.24. The first kappa shape index (κ1) is 21.2. The normalized spacial score (nSPS) is 12.4. The summed E-state index contributed by atoms with van der Waals surface area (Å²) < 4.78 is 39.0. The molecule has 0 aliphatic rings. The Morgan fingerprint density at radius 3 is 2.47 bits per heavy atom. The van der Waals surface area contributed by atoms with E-state index in [1.807, 2.05) is 6.07 Å². The van der Waals surface area contributed by atoms with Crippen molar-refractivity contribution in [3.8, 4) is 22.8 Å². The van der Waals surface area contributed by atoms with E-state index in [2.05, 4.69) is 35.2 Å². The Morgan fingerprint density at radius 2 is 1.78 bits per heavy atom. The third-order valence-electron chi connectivity index (χ3n) is 4.44. The van der Waals surface area contributed by atoms with E-state index in [-0.39, 0.29) is 12.5 Å². The molecule has 0 spiro atoms. The molecule has 4 aromatic rings. The van der Waals surface area contributed by atoms with Gasteiger partial charge in [-0.15, -0.1) is 0 Å². The van der Waals surface area contributed by atoms with Gasteiger partial charge in [0.25, 0.3) is 0 Å². The quantitative estimate of drug-likeness (QED) is 0.470. The van der Waals surface area contributed by atoms with Crippen LogP contribution in [0.15, 0.2) is 67.3 Å². The van der Waals surface area contributed by atoms with Crippen LogP contribution >= 0.6 is 0 Å². The van der Waals surface area contributed by atoms with Crippen LogP contribution in [-0.2, 0) is 6.18 Å². The molecular formula is C21H17F3N8. The van der Waals surface area contributed by atoms with E-state index in [4.69, 9.17) is 5.73 Å². The summed E-state index contributed by atoms with van der Waals surface area (Å²) in [7, 11) is 0. The third-order valence-corrected chi connectivity index (χ3v) is 4.44. The van der Waals surface area contributed by atoms with Gasteiger partial charge in [0.15, 0.2) is 5.82 Å². The van der Waals surface area contributed by atoms with E-state index in [1.165, 1.54) is 0 Å². The Morgan fingerprint density at radius 1 is 0.906 bits per heavy atom. The number of alkyl halides is 3. The third kappa shape index (κ3) is 4.83. The number of halogens is 3. The van der Waals surface area contributed by atoms with Crippen LogP contribution in [-0.4, -0.2) is 36.4 Å². The molecule has 0 radical (unpaired) electrons. The Bertz CT molecular complexity index is 1130. The van der Waals surface area contributed by atoms with Crippen LogP contribution in [0.4, 0.5) is 19.1 Å². The predicted molar refractivity (Wildman–Crippen MR) is 111 cm³/mol. The number of anilines is 1. The molecule has 162 valence electrons. The summed E-state index contributed by atoms with van der Waals surface area (Å²) in [5, 5.41) is 2.84. The molecule has 3 N–H and O–H groups in total. The smallest absolute Gasteiger partial charge is 0.345 e. The number of nitrogens with zero attached hydrogens (tertiary/aromatic N) is 6. The molecule has 1 atom stereocenters. The minimum absolute atomic E-state index is 0.0186. The summed E-state index contributed by atoms with van der Waals surface area (Å²) in [6.07, 6.45) is 1.35. The molecule has 4 heterocycles. The van der Waals surface area contributed by atoms with Crippen LogP contribution in [0, 0.1) is 0 Å². The molecule has 11 heteroatoms. The highest BCUT2D eigenvalue weighted by Crippen LogP contribution is 2.29. The number of hydrogen-bond acceptors (Lipinski definition) is 8. The summed E-state index contributed by atoms with van der Waals surface area (Å²) in [6.45, 7) is 0.0186. The topological polar surface area (TPSA) is 115 Å². The highest BCUT2D eigenvalue weighted by atomic mass is 19.4. The summed E-state index contributed by atoms with van der Waals surface area (Å²) in [4.78, 5) is 25.0. The standard InChI is InChI=1S/C21H17F3N8/c22-21(23,24)18-6-9-28-20(32-18)31-17(11-25)16-10-15(13-4-3-7-26-12-13)29-19(30-16)14-5-1-2-8-27-14/h1-10,12,17H,11,25H2,(H,28,31,32). The van der Waals surface area contributed by atoms with E-state index in [1.54, 1.807) is 48.9 Å². The molecule has 0 aromatic carbocycles. The average Bonchev–Trinajstić information content (AvgIpc) is 2.83. The van der Waals surface area contributed by atoms with Gasteiger partial charge < -0.3 is 11.1 Å². The fourth-order valence-electron chi connectivity index (χ4n) is 2.91. The van der Waals surface area contributed by atoms with Crippen molar-refractivity contribution in [2.75, 3.05) is 11.9 Å². The first-order chi connectivity index (χ1) is 15.4. The molecule has 8 nitrogen and oxygen atoms in total. The highest BCUT2D eigenvalue weighted by molar-refractivity contribution is 5.62. The predicted octanol–water partition coefficient (Wildman–Crippen LogP) is 3.52. The number of nitrogens with two attached hydrogens (primary N) is 1. The lowest BCUT2D eigenvalue weighted by atomic mass is 10.1. The number of aromatic nitrogens is 6. The van der Waals surface area contributed by atoms with Gasteiger partial charge in [-0.25, -0.2) is 19.9 Å². The molecule has 0 bridgehead atoms. The zero-order valence-electron chi connectivity index (χ0n) is 16.5. The Kier molecular flexibility index (Phi) is 5.99. The van der Waals surface area contributed by atoms with Gasteiger partial charge >= 0.3 is 6.18 Å². The van der Waals surface area contributed by atoms with E-state index < -0.39 is 17.9 Å². The van der Waals surface area contributed by atoms with Gasteiger partial charge in [0, 0.05) is 36.9 Å².